The van der Waals surface area contributed by atoms with E-state index in [0.29, 0.717) is 16.7 Å². The van der Waals surface area contributed by atoms with E-state index in [9.17, 15) is 15.0 Å². The van der Waals surface area contributed by atoms with E-state index in [1.165, 1.54) is 12.5 Å². The average Bonchev–Trinajstić information content (AvgIpc) is 2.61. The summed E-state index contributed by atoms with van der Waals surface area (Å²) >= 11 is 0. The van der Waals surface area contributed by atoms with Gasteiger partial charge in [0.15, 0.2) is 5.78 Å². The first-order valence-corrected chi connectivity index (χ1v) is 9.28. The lowest BCUT2D eigenvalue weighted by Gasteiger charge is -2.31. The van der Waals surface area contributed by atoms with Crippen molar-refractivity contribution in [3.05, 3.63) is 71.3 Å². The van der Waals surface area contributed by atoms with E-state index in [1.54, 1.807) is 24.3 Å². The predicted octanol–water partition coefficient (Wildman–Crippen LogP) is 5.98. The fourth-order valence-corrected chi connectivity index (χ4v) is 3.93. The molecule has 0 aromatic heterocycles. The van der Waals surface area contributed by atoms with Gasteiger partial charge in [-0.25, -0.2) is 0 Å². The second kappa shape index (κ2) is 7.43. The second-order valence-corrected chi connectivity index (χ2v) is 7.59. The summed E-state index contributed by atoms with van der Waals surface area (Å²) in [5.41, 5.74) is 5.07. The summed E-state index contributed by atoms with van der Waals surface area (Å²) in [7, 11) is 0. The van der Waals surface area contributed by atoms with Gasteiger partial charge in [-0.05, 0) is 62.8 Å². The number of hydrogen-bond acceptors (Lipinski definition) is 3. The Morgan fingerprint density at radius 2 is 1.63 bits per heavy atom. The van der Waals surface area contributed by atoms with Crippen LogP contribution in [0.5, 0.6) is 11.5 Å². The lowest BCUT2D eigenvalue weighted by Crippen LogP contribution is -2.17. The maximum Gasteiger partial charge on any atom is 0.159 e. The first kappa shape index (κ1) is 19.0. The molecule has 2 aromatic carbocycles. The summed E-state index contributed by atoms with van der Waals surface area (Å²) < 4.78 is 0. The molecule has 0 aliphatic heterocycles. The van der Waals surface area contributed by atoms with Crippen LogP contribution in [0.25, 0.3) is 11.1 Å². The molecule has 0 amide bonds. The van der Waals surface area contributed by atoms with Gasteiger partial charge in [-0.1, -0.05) is 48.1 Å². The van der Waals surface area contributed by atoms with Gasteiger partial charge < -0.3 is 10.2 Å². The van der Waals surface area contributed by atoms with Crippen LogP contribution in [-0.2, 0) is 0 Å². The van der Waals surface area contributed by atoms with E-state index < -0.39 is 0 Å². The van der Waals surface area contributed by atoms with Crippen molar-refractivity contribution in [3.8, 4) is 22.6 Å². The maximum atomic E-state index is 11.4. The Bertz CT molecular complexity index is 896. The third-order valence-electron chi connectivity index (χ3n) is 5.47. The fourth-order valence-electron chi connectivity index (χ4n) is 3.93. The van der Waals surface area contributed by atoms with Crippen LogP contribution < -0.4 is 0 Å². The lowest BCUT2D eigenvalue weighted by molar-refractivity contribution is 0.101. The SMILES string of the molecule is C=C(C)[C@@H]1CCC(C)=C[C@H]1c1c(O)cc(-c2ccc(C(C)=O)cc2)cc1O. The number of Topliss-reactive ketones (excluding diaryl/α,β-unsaturated/α-hetero) is 1. The predicted molar refractivity (Wildman–Crippen MR) is 109 cm³/mol. The Morgan fingerprint density at radius 1 is 1.04 bits per heavy atom. The molecule has 3 heteroatoms. The molecular formula is C24H26O3. The Hall–Kier alpha value is -2.81. The van der Waals surface area contributed by atoms with Crippen LogP contribution in [-0.4, -0.2) is 16.0 Å². The molecule has 1 aliphatic rings. The van der Waals surface area contributed by atoms with Gasteiger partial charge >= 0.3 is 0 Å². The molecule has 2 atom stereocenters. The molecule has 0 saturated heterocycles. The highest BCUT2D eigenvalue weighted by Gasteiger charge is 2.30. The number of aromatic hydroxyl groups is 2. The molecule has 3 rings (SSSR count). The van der Waals surface area contributed by atoms with Crippen molar-refractivity contribution in [2.75, 3.05) is 0 Å². The van der Waals surface area contributed by atoms with Crippen LogP contribution in [0.4, 0.5) is 0 Å². The normalized spacial score (nSPS) is 19.4. The van der Waals surface area contributed by atoms with Gasteiger partial charge in [-0.2, -0.15) is 0 Å². The molecule has 27 heavy (non-hydrogen) atoms. The van der Waals surface area contributed by atoms with E-state index in [4.69, 9.17) is 0 Å². The summed E-state index contributed by atoms with van der Waals surface area (Å²) in [5.74, 6) is 0.301. The minimum absolute atomic E-state index is 0.00730. The highest BCUT2D eigenvalue weighted by atomic mass is 16.3. The fraction of sp³-hybridized carbons (Fsp3) is 0.292. The Balaban J connectivity index is 2.03. The molecule has 3 nitrogen and oxygen atoms in total. The second-order valence-electron chi connectivity index (χ2n) is 7.59. The molecule has 0 heterocycles. The summed E-state index contributed by atoms with van der Waals surface area (Å²) in [4.78, 5) is 11.4. The number of hydrogen-bond donors (Lipinski definition) is 2. The quantitative estimate of drug-likeness (QED) is 0.519. The topological polar surface area (TPSA) is 57.5 Å². The Kier molecular flexibility index (Phi) is 5.22. The van der Waals surface area contributed by atoms with Crippen LogP contribution >= 0.6 is 0 Å². The van der Waals surface area contributed by atoms with E-state index in [0.717, 1.165) is 24.0 Å². The number of phenols is 2. The first-order chi connectivity index (χ1) is 12.8. The minimum Gasteiger partial charge on any atom is -0.507 e. The smallest absolute Gasteiger partial charge is 0.159 e. The maximum absolute atomic E-state index is 11.4. The van der Waals surface area contributed by atoms with Crippen molar-refractivity contribution in [2.24, 2.45) is 5.92 Å². The van der Waals surface area contributed by atoms with Gasteiger partial charge in [0, 0.05) is 17.0 Å². The third-order valence-corrected chi connectivity index (χ3v) is 5.47. The minimum atomic E-state index is -0.0783. The molecule has 1 aliphatic carbocycles. The monoisotopic (exact) mass is 362 g/mol. The van der Waals surface area contributed by atoms with E-state index in [1.807, 2.05) is 19.1 Å². The number of benzene rings is 2. The molecule has 0 unspecified atom stereocenters. The number of rotatable bonds is 4. The molecular weight excluding hydrogens is 336 g/mol. The van der Waals surface area contributed by atoms with Crippen LogP contribution in [0.3, 0.4) is 0 Å². The molecule has 0 radical (unpaired) electrons. The van der Waals surface area contributed by atoms with Crippen molar-refractivity contribution < 1.29 is 15.0 Å². The van der Waals surface area contributed by atoms with Crippen LogP contribution in [0.2, 0.25) is 0 Å². The van der Waals surface area contributed by atoms with Crippen molar-refractivity contribution in [2.45, 2.75) is 39.5 Å². The average molecular weight is 362 g/mol. The van der Waals surface area contributed by atoms with Crippen LogP contribution in [0, 0.1) is 5.92 Å². The zero-order valence-corrected chi connectivity index (χ0v) is 16.1. The van der Waals surface area contributed by atoms with Gasteiger partial charge in [0.1, 0.15) is 11.5 Å². The molecule has 0 fully saturated rings. The van der Waals surface area contributed by atoms with Crippen molar-refractivity contribution >= 4 is 5.78 Å². The summed E-state index contributed by atoms with van der Waals surface area (Å²) in [6, 6.07) is 10.5. The molecule has 2 aromatic rings. The number of allylic oxidation sites excluding steroid dienone is 3. The van der Waals surface area contributed by atoms with Gasteiger partial charge in [0.25, 0.3) is 0 Å². The zero-order chi connectivity index (χ0) is 19.7. The van der Waals surface area contributed by atoms with Crippen molar-refractivity contribution in [1.82, 2.24) is 0 Å². The van der Waals surface area contributed by atoms with Crippen LogP contribution in [0.1, 0.15) is 55.5 Å². The van der Waals surface area contributed by atoms with Gasteiger partial charge in [-0.15, -0.1) is 0 Å². The summed E-state index contributed by atoms with van der Waals surface area (Å²) in [6.07, 6.45) is 4.12. The van der Waals surface area contributed by atoms with E-state index in [2.05, 4.69) is 19.6 Å². The zero-order valence-electron chi connectivity index (χ0n) is 16.1. The first-order valence-electron chi connectivity index (χ1n) is 9.28. The molecule has 0 spiro atoms. The third kappa shape index (κ3) is 3.82. The van der Waals surface area contributed by atoms with Gasteiger partial charge in [0.2, 0.25) is 0 Å². The van der Waals surface area contributed by atoms with E-state index in [-0.39, 0.29) is 29.1 Å². The molecule has 2 N–H and O–H groups in total. The highest BCUT2D eigenvalue weighted by molar-refractivity contribution is 5.94. The molecule has 0 bridgehead atoms. The molecule has 140 valence electrons. The standard InChI is InChI=1S/C24H26O3/c1-14(2)20-10-5-15(3)11-21(20)24-22(26)12-19(13-23(24)27)18-8-6-17(7-9-18)16(4)25/h6-9,11-13,20-21,26-27H,1,5,10H2,2-4H3/t20-,21+/m0/s1. The van der Waals surface area contributed by atoms with Crippen molar-refractivity contribution in [1.29, 1.82) is 0 Å². The molecule has 0 saturated carbocycles. The van der Waals surface area contributed by atoms with E-state index >= 15 is 0 Å². The van der Waals surface area contributed by atoms with Crippen molar-refractivity contribution in [3.63, 3.8) is 0 Å². The van der Waals surface area contributed by atoms with Gasteiger partial charge in [0.05, 0.1) is 0 Å². The largest absolute Gasteiger partial charge is 0.507 e. The number of carbonyl (C=O) groups is 1. The van der Waals surface area contributed by atoms with Crippen LogP contribution in [0.15, 0.2) is 60.2 Å². The summed E-state index contributed by atoms with van der Waals surface area (Å²) in [5, 5.41) is 21.5. The van der Waals surface area contributed by atoms with Gasteiger partial charge in [-0.3, -0.25) is 4.79 Å². The number of carbonyl (C=O) groups excluding carboxylic acids is 1. The summed E-state index contributed by atoms with van der Waals surface area (Å²) in [6.45, 7) is 9.72. The Labute approximate surface area is 160 Å². The lowest BCUT2D eigenvalue weighted by atomic mass is 9.73. The Morgan fingerprint density at radius 3 is 2.15 bits per heavy atom. The number of phenolic OH excluding ortho intramolecular Hbond substituents is 2. The highest BCUT2D eigenvalue weighted by Crippen LogP contribution is 2.47. The number of ketones is 1.